The fourth-order valence-electron chi connectivity index (χ4n) is 3.91. The first-order valence-corrected chi connectivity index (χ1v) is 8.98. The molecule has 2 atom stereocenters. The lowest BCUT2D eigenvalue weighted by Gasteiger charge is -2.34. The summed E-state index contributed by atoms with van der Waals surface area (Å²) in [5.41, 5.74) is 0.644. The van der Waals surface area contributed by atoms with Gasteiger partial charge in [0.15, 0.2) is 0 Å². The molecule has 0 spiro atoms. The number of likely N-dealkylation sites (tertiary alicyclic amines) is 1. The first-order chi connectivity index (χ1) is 12.1. The zero-order valence-corrected chi connectivity index (χ0v) is 15.0. The van der Waals surface area contributed by atoms with Crippen molar-refractivity contribution in [2.75, 3.05) is 33.9 Å². The molecule has 2 aliphatic heterocycles. The summed E-state index contributed by atoms with van der Waals surface area (Å²) in [6.07, 6.45) is 2.90. The van der Waals surface area contributed by atoms with E-state index in [4.69, 9.17) is 9.47 Å². The van der Waals surface area contributed by atoms with E-state index in [0.717, 1.165) is 32.4 Å². The van der Waals surface area contributed by atoms with Crippen molar-refractivity contribution < 1.29 is 18.7 Å². The number of hydrogen-bond acceptors (Lipinski definition) is 4. The van der Waals surface area contributed by atoms with Crippen molar-refractivity contribution in [3.63, 3.8) is 0 Å². The maximum absolute atomic E-state index is 13.5. The Bertz CT molecular complexity index is 602. The number of nitrogens with one attached hydrogen (secondary N) is 1. The van der Waals surface area contributed by atoms with Gasteiger partial charge in [-0.2, -0.15) is 0 Å². The monoisotopic (exact) mass is 350 g/mol. The minimum atomic E-state index is -0.335. The predicted molar refractivity (Wildman–Crippen MR) is 92.9 cm³/mol. The molecule has 2 aliphatic rings. The molecular weight excluding hydrogens is 323 g/mol. The number of amides is 1. The van der Waals surface area contributed by atoms with Gasteiger partial charge in [-0.1, -0.05) is 0 Å². The van der Waals surface area contributed by atoms with E-state index < -0.39 is 0 Å². The molecule has 1 N–H and O–H groups in total. The second-order valence-electron chi connectivity index (χ2n) is 7.05. The topological polar surface area (TPSA) is 50.8 Å². The van der Waals surface area contributed by atoms with Gasteiger partial charge in [0.2, 0.25) is 5.91 Å². The number of benzene rings is 1. The summed E-state index contributed by atoms with van der Waals surface area (Å²) in [5.74, 6) is 0.563. The van der Waals surface area contributed by atoms with Crippen LogP contribution in [0.4, 0.5) is 4.39 Å². The molecule has 0 aliphatic carbocycles. The maximum atomic E-state index is 13.5. The van der Waals surface area contributed by atoms with E-state index in [1.807, 2.05) is 0 Å². The van der Waals surface area contributed by atoms with E-state index in [-0.39, 0.29) is 30.3 Å². The number of methoxy groups -OCH3 is 1. The van der Waals surface area contributed by atoms with Gasteiger partial charge in [0.25, 0.3) is 0 Å². The van der Waals surface area contributed by atoms with Gasteiger partial charge in [-0.05, 0) is 63.5 Å². The second-order valence-corrected chi connectivity index (χ2v) is 7.05. The smallest absolute Gasteiger partial charge is 0.226 e. The molecule has 1 aromatic carbocycles. The number of carbonyl (C=O) groups is 1. The number of rotatable bonds is 5. The van der Waals surface area contributed by atoms with Crippen LogP contribution in [0.25, 0.3) is 0 Å². The molecule has 0 radical (unpaired) electrons. The number of piperidine rings is 1. The van der Waals surface area contributed by atoms with Gasteiger partial charge in [-0.25, -0.2) is 4.39 Å². The van der Waals surface area contributed by atoms with E-state index >= 15 is 0 Å². The van der Waals surface area contributed by atoms with Crippen LogP contribution in [0.1, 0.15) is 24.8 Å². The number of hydrogen-bond donors (Lipinski definition) is 1. The summed E-state index contributed by atoms with van der Waals surface area (Å²) in [6, 6.07) is 4.33. The van der Waals surface area contributed by atoms with E-state index in [1.54, 1.807) is 13.2 Å². The van der Waals surface area contributed by atoms with Crippen LogP contribution < -0.4 is 10.1 Å². The lowest BCUT2D eigenvalue weighted by Crippen LogP contribution is -2.42. The van der Waals surface area contributed by atoms with Crippen LogP contribution in [0.2, 0.25) is 0 Å². The number of carbonyl (C=O) groups excluding carboxylic acids is 1. The SMILES string of the molecule is COc1ccc(F)cc1CNC(=O)[C@H]1CCO[C@@H]1C1CCN(C)CC1. The van der Waals surface area contributed by atoms with Crippen LogP contribution in [0.3, 0.4) is 0 Å². The van der Waals surface area contributed by atoms with Crippen LogP contribution in [0, 0.1) is 17.7 Å². The summed E-state index contributed by atoms with van der Waals surface area (Å²) in [7, 11) is 3.67. The van der Waals surface area contributed by atoms with Crippen molar-refractivity contribution in [3.05, 3.63) is 29.6 Å². The van der Waals surface area contributed by atoms with Gasteiger partial charge in [-0.15, -0.1) is 0 Å². The predicted octanol–water partition coefficient (Wildman–Crippen LogP) is 2.20. The molecule has 5 nitrogen and oxygen atoms in total. The lowest BCUT2D eigenvalue weighted by molar-refractivity contribution is -0.128. The Morgan fingerprint density at radius 1 is 1.36 bits per heavy atom. The van der Waals surface area contributed by atoms with Crippen LogP contribution in [0.5, 0.6) is 5.75 Å². The maximum Gasteiger partial charge on any atom is 0.226 e. The number of halogens is 1. The molecule has 138 valence electrons. The minimum absolute atomic E-state index is 0.00288. The molecule has 0 saturated carbocycles. The van der Waals surface area contributed by atoms with E-state index in [9.17, 15) is 9.18 Å². The fourth-order valence-corrected chi connectivity index (χ4v) is 3.91. The summed E-state index contributed by atoms with van der Waals surface area (Å²) in [4.78, 5) is 15.0. The van der Waals surface area contributed by atoms with Gasteiger partial charge in [-0.3, -0.25) is 4.79 Å². The zero-order chi connectivity index (χ0) is 17.8. The van der Waals surface area contributed by atoms with Crippen LogP contribution in [-0.4, -0.2) is 50.8 Å². The Morgan fingerprint density at radius 2 is 2.12 bits per heavy atom. The average molecular weight is 350 g/mol. The molecule has 3 rings (SSSR count). The molecule has 2 fully saturated rings. The summed E-state index contributed by atoms with van der Waals surface area (Å²) < 4.78 is 24.6. The molecular formula is C19H27FN2O3. The van der Waals surface area contributed by atoms with Gasteiger partial charge < -0.3 is 19.7 Å². The molecule has 0 unspecified atom stereocenters. The zero-order valence-electron chi connectivity index (χ0n) is 15.0. The normalized spacial score (nSPS) is 25.1. The molecule has 25 heavy (non-hydrogen) atoms. The van der Waals surface area contributed by atoms with E-state index in [2.05, 4.69) is 17.3 Å². The highest BCUT2D eigenvalue weighted by atomic mass is 19.1. The van der Waals surface area contributed by atoms with Crippen molar-refractivity contribution in [1.82, 2.24) is 10.2 Å². The fraction of sp³-hybridized carbons (Fsp3) is 0.632. The van der Waals surface area contributed by atoms with Crippen molar-refractivity contribution in [2.24, 2.45) is 11.8 Å². The number of nitrogens with zero attached hydrogens (tertiary/aromatic N) is 1. The van der Waals surface area contributed by atoms with Gasteiger partial charge in [0, 0.05) is 18.7 Å². The number of ether oxygens (including phenoxy) is 2. The average Bonchev–Trinajstić information content (AvgIpc) is 3.10. The summed E-state index contributed by atoms with van der Waals surface area (Å²) in [6.45, 7) is 3.01. The molecule has 1 amide bonds. The Morgan fingerprint density at radius 3 is 2.84 bits per heavy atom. The quantitative estimate of drug-likeness (QED) is 0.885. The third kappa shape index (κ3) is 4.30. The molecule has 2 heterocycles. The molecule has 1 aromatic rings. The van der Waals surface area contributed by atoms with E-state index in [1.165, 1.54) is 12.1 Å². The van der Waals surface area contributed by atoms with Gasteiger partial charge >= 0.3 is 0 Å². The van der Waals surface area contributed by atoms with Crippen molar-refractivity contribution in [1.29, 1.82) is 0 Å². The third-order valence-electron chi connectivity index (χ3n) is 5.40. The molecule has 0 bridgehead atoms. The summed E-state index contributed by atoms with van der Waals surface area (Å²) in [5, 5.41) is 2.94. The Kier molecular flexibility index (Phi) is 5.91. The van der Waals surface area contributed by atoms with Crippen molar-refractivity contribution in [3.8, 4) is 5.75 Å². The van der Waals surface area contributed by atoms with Gasteiger partial charge in [0.05, 0.1) is 19.1 Å². The Balaban J connectivity index is 1.60. The highest BCUT2D eigenvalue weighted by molar-refractivity contribution is 5.79. The molecule has 6 heteroatoms. The Hall–Kier alpha value is -1.66. The van der Waals surface area contributed by atoms with E-state index in [0.29, 0.717) is 23.8 Å². The van der Waals surface area contributed by atoms with Crippen molar-refractivity contribution in [2.45, 2.75) is 31.9 Å². The minimum Gasteiger partial charge on any atom is -0.496 e. The first-order valence-electron chi connectivity index (χ1n) is 8.98. The molecule has 0 aromatic heterocycles. The second kappa shape index (κ2) is 8.15. The molecule has 2 saturated heterocycles. The first kappa shape index (κ1) is 18.1. The van der Waals surface area contributed by atoms with Crippen LogP contribution in [-0.2, 0) is 16.1 Å². The van der Waals surface area contributed by atoms with Crippen LogP contribution in [0.15, 0.2) is 18.2 Å². The lowest BCUT2D eigenvalue weighted by atomic mass is 9.84. The van der Waals surface area contributed by atoms with Gasteiger partial charge in [0.1, 0.15) is 11.6 Å². The van der Waals surface area contributed by atoms with Crippen LogP contribution >= 0.6 is 0 Å². The van der Waals surface area contributed by atoms with Crippen molar-refractivity contribution >= 4 is 5.91 Å². The Labute approximate surface area is 148 Å². The summed E-state index contributed by atoms with van der Waals surface area (Å²) >= 11 is 0. The third-order valence-corrected chi connectivity index (χ3v) is 5.40. The highest BCUT2D eigenvalue weighted by Gasteiger charge is 2.39. The standard InChI is InChI=1S/C19H27FN2O3/c1-22-8-5-13(6-9-22)18-16(7-10-25-18)19(23)21-12-14-11-15(20)3-4-17(14)24-2/h3-4,11,13,16,18H,5-10,12H2,1-2H3,(H,21,23)/t16-,18+/m0/s1. The highest BCUT2D eigenvalue weighted by Crippen LogP contribution is 2.33. The largest absolute Gasteiger partial charge is 0.496 e.